The molecule has 0 aliphatic heterocycles. The first-order chi connectivity index (χ1) is 10.7. The molecule has 2 N–H and O–H groups in total. The minimum absolute atomic E-state index is 0.102. The highest BCUT2D eigenvalue weighted by Gasteiger charge is 2.07. The molecule has 0 saturated heterocycles. The first-order valence-corrected chi connectivity index (χ1v) is 7.16. The van der Waals surface area contributed by atoms with Gasteiger partial charge in [0.15, 0.2) is 11.5 Å². The summed E-state index contributed by atoms with van der Waals surface area (Å²) in [5.41, 5.74) is 1.93. The molecule has 0 unspecified atom stereocenters. The molecule has 2 nitrogen and oxygen atoms in total. The van der Waals surface area contributed by atoms with Crippen LogP contribution in [0.3, 0.4) is 0 Å². The summed E-state index contributed by atoms with van der Waals surface area (Å²) >= 11 is 0. The van der Waals surface area contributed by atoms with Crippen molar-refractivity contribution >= 4 is 21.5 Å². The maximum absolute atomic E-state index is 9.76. The molecule has 22 heavy (non-hydrogen) atoms. The Kier molecular flexibility index (Phi) is 2.76. The van der Waals surface area contributed by atoms with E-state index in [4.69, 9.17) is 0 Å². The molecule has 0 atom stereocenters. The van der Waals surface area contributed by atoms with Crippen LogP contribution in [0.2, 0.25) is 0 Å². The van der Waals surface area contributed by atoms with Crippen molar-refractivity contribution in [1.82, 2.24) is 0 Å². The van der Waals surface area contributed by atoms with Gasteiger partial charge in [0.05, 0.1) is 0 Å². The second-order valence-corrected chi connectivity index (χ2v) is 5.43. The molecular formula is C20H14O2. The van der Waals surface area contributed by atoms with Crippen LogP contribution in [0.25, 0.3) is 32.7 Å². The van der Waals surface area contributed by atoms with Crippen molar-refractivity contribution in [3.05, 3.63) is 72.8 Å². The van der Waals surface area contributed by atoms with Gasteiger partial charge in [-0.1, -0.05) is 48.5 Å². The molecule has 106 valence electrons. The Morgan fingerprint density at radius 3 is 2.05 bits per heavy atom. The van der Waals surface area contributed by atoms with E-state index in [1.807, 2.05) is 30.3 Å². The van der Waals surface area contributed by atoms with Crippen LogP contribution >= 0.6 is 0 Å². The highest BCUT2D eigenvalue weighted by atomic mass is 16.3. The number of hydrogen-bond donors (Lipinski definition) is 2. The highest BCUT2D eigenvalue weighted by Crippen LogP contribution is 2.35. The van der Waals surface area contributed by atoms with Gasteiger partial charge in [-0.3, -0.25) is 0 Å². The lowest BCUT2D eigenvalue weighted by molar-refractivity contribution is 0.404. The Hall–Kier alpha value is -3.00. The lowest BCUT2D eigenvalue weighted by atomic mass is 9.95. The van der Waals surface area contributed by atoms with Crippen LogP contribution in [0.1, 0.15) is 0 Å². The van der Waals surface area contributed by atoms with Crippen molar-refractivity contribution in [3.8, 4) is 22.6 Å². The van der Waals surface area contributed by atoms with Crippen molar-refractivity contribution in [2.45, 2.75) is 0 Å². The average Bonchev–Trinajstić information content (AvgIpc) is 2.55. The molecule has 0 bridgehead atoms. The molecule has 4 rings (SSSR count). The molecule has 0 fully saturated rings. The van der Waals surface area contributed by atoms with E-state index in [-0.39, 0.29) is 11.5 Å². The molecule has 0 aliphatic carbocycles. The summed E-state index contributed by atoms with van der Waals surface area (Å²) in [4.78, 5) is 0. The van der Waals surface area contributed by atoms with Gasteiger partial charge < -0.3 is 10.2 Å². The van der Waals surface area contributed by atoms with E-state index < -0.39 is 0 Å². The Balaban J connectivity index is 2.04. The summed E-state index contributed by atoms with van der Waals surface area (Å²) in [6.45, 7) is 0. The van der Waals surface area contributed by atoms with Gasteiger partial charge >= 0.3 is 0 Å². The SMILES string of the molecule is Oc1ccc(-c2cccc3cc4ccccc4cc23)cc1O. The molecule has 0 radical (unpaired) electrons. The molecule has 0 amide bonds. The van der Waals surface area contributed by atoms with Crippen molar-refractivity contribution in [1.29, 1.82) is 0 Å². The van der Waals surface area contributed by atoms with Gasteiger partial charge in [-0.05, 0) is 56.9 Å². The molecule has 4 aromatic rings. The Morgan fingerprint density at radius 2 is 1.27 bits per heavy atom. The van der Waals surface area contributed by atoms with Crippen molar-refractivity contribution in [3.63, 3.8) is 0 Å². The minimum atomic E-state index is -0.102. The monoisotopic (exact) mass is 286 g/mol. The van der Waals surface area contributed by atoms with E-state index in [0.29, 0.717) is 0 Å². The minimum Gasteiger partial charge on any atom is -0.504 e. The van der Waals surface area contributed by atoms with Crippen molar-refractivity contribution in [2.75, 3.05) is 0 Å². The first kappa shape index (κ1) is 12.7. The van der Waals surface area contributed by atoms with Gasteiger partial charge in [-0.2, -0.15) is 0 Å². The molecule has 2 heteroatoms. The van der Waals surface area contributed by atoms with Crippen molar-refractivity contribution < 1.29 is 10.2 Å². The van der Waals surface area contributed by atoms with Crippen molar-refractivity contribution in [2.24, 2.45) is 0 Å². The molecule has 0 aliphatic rings. The number of aromatic hydroxyl groups is 2. The van der Waals surface area contributed by atoms with Crippen LogP contribution in [0, 0.1) is 0 Å². The van der Waals surface area contributed by atoms with Crippen LogP contribution < -0.4 is 0 Å². The van der Waals surface area contributed by atoms with Crippen LogP contribution in [-0.4, -0.2) is 10.2 Å². The predicted molar refractivity (Wildman–Crippen MR) is 90.2 cm³/mol. The number of fused-ring (bicyclic) bond motifs is 2. The number of benzene rings is 4. The predicted octanol–water partition coefficient (Wildman–Crippen LogP) is 5.07. The Labute approximate surface area is 127 Å². The lowest BCUT2D eigenvalue weighted by Crippen LogP contribution is -1.83. The van der Waals surface area contributed by atoms with Gasteiger partial charge in [0.2, 0.25) is 0 Å². The molecule has 0 spiro atoms. The van der Waals surface area contributed by atoms with E-state index in [9.17, 15) is 10.2 Å². The third kappa shape index (κ3) is 1.97. The topological polar surface area (TPSA) is 40.5 Å². The maximum atomic E-state index is 9.76. The van der Waals surface area contributed by atoms with Crippen LogP contribution in [0.4, 0.5) is 0 Å². The zero-order valence-corrected chi connectivity index (χ0v) is 11.8. The van der Waals surface area contributed by atoms with Gasteiger partial charge in [0.25, 0.3) is 0 Å². The van der Waals surface area contributed by atoms with E-state index in [1.165, 1.54) is 16.8 Å². The van der Waals surface area contributed by atoms with Gasteiger partial charge in [-0.15, -0.1) is 0 Å². The second kappa shape index (κ2) is 4.78. The quantitative estimate of drug-likeness (QED) is 0.379. The zero-order valence-electron chi connectivity index (χ0n) is 11.8. The Bertz CT molecular complexity index is 1000. The fourth-order valence-corrected chi connectivity index (χ4v) is 2.91. The summed E-state index contributed by atoms with van der Waals surface area (Å²) in [6.07, 6.45) is 0. The number of phenolic OH excluding ortho intramolecular Hbond substituents is 2. The van der Waals surface area contributed by atoms with E-state index >= 15 is 0 Å². The van der Waals surface area contributed by atoms with E-state index in [0.717, 1.165) is 21.9 Å². The summed E-state index contributed by atoms with van der Waals surface area (Å²) < 4.78 is 0. The summed E-state index contributed by atoms with van der Waals surface area (Å²) in [5, 5.41) is 23.9. The first-order valence-electron chi connectivity index (χ1n) is 7.16. The third-order valence-electron chi connectivity index (χ3n) is 4.03. The van der Waals surface area contributed by atoms with Gasteiger partial charge in [0, 0.05) is 0 Å². The molecule has 0 aromatic heterocycles. The largest absolute Gasteiger partial charge is 0.504 e. The molecule has 0 saturated carbocycles. The number of phenols is 2. The van der Waals surface area contributed by atoms with Gasteiger partial charge in [0.1, 0.15) is 0 Å². The normalized spacial score (nSPS) is 11.1. The summed E-state index contributed by atoms with van der Waals surface area (Å²) in [7, 11) is 0. The van der Waals surface area contributed by atoms with Crippen LogP contribution in [0.5, 0.6) is 11.5 Å². The lowest BCUT2D eigenvalue weighted by Gasteiger charge is -2.09. The highest BCUT2D eigenvalue weighted by molar-refractivity contribution is 6.05. The summed E-state index contributed by atoms with van der Waals surface area (Å²) in [6, 6.07) is 23.7. The fourth-order valence-electron chi connectivity index (χ4n) is 2.91. The van der Waals surface area contributed by atoms with Crippen LogP contribution in [0.15, 0.2) is 72.8 Å². The number of rotatable bonds is 1. The zero-order chi connectivity index (χ0) is 15.1. The van der Waals surface area contributed by atoms with Gasteiger partial charge in [-0.25, -0.2) is 0 Å². The maximum Gasteiger partial charge on any atom is 0.158 e. The third-order valence-corrected chi connectivity index (χ3v) is 4.03. The van der Waals surface area contributed by atoms with E-state index in [1.54, 1.807) is 6.07 Å². The molecular weight excluding hydrogens is 272 g/mol. The number of hydrogen-bond acceptors (Lipinski definition) is 2. The second-order valence-electron chi connectivity index (χ2n) is 5.43. The average molecular weight is 286 g/mol. The fraction of sp³-hybridized carbons (Fsp3) is 0. The van der Waals surface area contributed by atoms with Crippen LogP contribution in [-0.2, 0) is 0 Å². The smallest absolute Gasteiger partial charge is 0.158 e. The summed E-state index contributed by atoms with van der Waals surface area (Å²) in [5.74, 6) is -0.204. The standard InChI is InChI=1S/C20H14O2/c21-19-9-8-16(12-20(19)22)17-7-3-6-15-10-13-4-1-2-5-14(13)11-18(15)17/h1-12,21-22H. The molecule has 0 heterocycles. The molecule has 4 aromatic carbocycles. The van der Waals surface area contributed by atoms with E-state index in [2.05, 4.69) is 30.3 Å². The Morgan fingerprint density at radius 1 is 0.545 bits per heavy atom.